The number of benzene rings is 1. The van der Waals surface area contributed by atoms with Crippen LogP contribution in [0.1, 0.15) is 5.69 Å². The van der Waals surface area contributed by atoms with Gasteiger partial charge in [0.1, 0.15) is 0 Å². The van der Waals surface area contributed by atoms with E-state index < -0.39 is 11.9 Å². The maximum Gasteiger partial charge on any atom is 0.433 e. The summed E-state index contributed by atoms with van der Waals surface area (Å²) < 4.78 is 38.1. The van der Waals surface area contributed by atoms with Gasteiger partial charge in [-0.25, -0.2) is 15.8 Å². The number of nitrogens with two attached hydrogens (primary N) is 1. The number of anilines is 1. The fourth-order valence-corrected chi connectivity index (χ4v) is 1.70. The molecule has 0 saturated carbocycles. The van der Waals surface area contributed by atoms with Gasteiger partial charge in [-0.05, 0) is 12.1 Å². The van der Waals surface area contributed by atoms with Gasteiger partial charge in [0.2, 0.25) is 5.95 Å². The Kier molecular flexibility index (Phi) is 3.59. The number of hydrogen-bond acceptors (Lipinski definition) is 4. The number of aromatic nitrogens is 2. The first-order valence-corrected chi connectivity index (χ1v) is 5.47. The summed E-state index contributed by atoms with van der Waals surface area (Å²) in [6, 6.07) is 7.25. The lowest BCUT2D eigenvalue weighted by atomic mass is 10.1. The predicted octanol–water partition coefficient (Wildman–Crippen LogP) is 3.10. The fourth-order valence-electron chi connectivity index (χ4n) is 1.46. The Morgan fingerprint density at radius 2 is 1.84 bits per heavy atom. The molecular weight excluding hydrogens is 281 g/mol. The third kappa shape index (κ3) is 2.94. The van der Waals surface area contributed by atoms with E-state index in [1.165, 1.54) is 0 Å². The zero-order valence-electron chi connectivity index (χ0n) is 9.37. The quantitative estimate of drug-likeness (QED) is 0.658. The molecule has 0 atom stereocenters. The minimum atomic E-state index is -4.59. The van der Waals surface area contributed by atoms with Gasteiger partial charge in [0.15, 0.2) is 5.69 Å². The number of nitrogens with one attached hydrogen (secondary N) is 1. The Hall–Kier alpha value is -1.86. The van der Waals surface area contributed by atoms with Gasteiger partial charge in [-0.3, -0.25) is 5.43 Å². The molecule has 0 spiro atoms. The topological polar surface area (TPSA) is 63.8 Å². The summed E-state index contributed by atoms with van der Waals surface area (Å²) in [7, 11) is 0. The standard InChI is InChI=1S/C11H8ClF3N4/c12-7-4-2-1-3-6(7)8-5-9(11(13,14)15)18-10(17-8)19-16/h1-5H,16H2,(H,17,18,19). The molecule has 0 unspecified atom stereocenters. The summed E-state index contributed by atoms with van der Waals surface area (Å²) in [4.78, 5) is 7.13. The molecule has 0 aliphatic rings. The van der Waals surface area contributed by atoms with Crippen molar-refractivity contribution in [3.63, 3.8) is 0 Å². The van der Waals surface area contributed by atoms with Crippen molar-refractivity contribution in [2.24, 2.45) is 5.84 Å². The van der Waals surface area contributed by atoms with Gasteiger partial charge in [-0.2, -0.15) is 13.2 Å². The average molecular weight is 289 g/mol. The maximum atomic E-state index is 12.7. The Balaban J connectivity index is 2.61. The molecule has 0 bridgehead atoms. The van der Waals surface area contributed by atoms with Gasteiger partial charge in [0.05, 0.1) is 5.69 Å². The van der Waals surface area contributed by atoms with Crippen LogP contribution in [0.25, 0.3) is 11.3 Å². The molecule has 0 radical (unpaired) electrons. The molecule has 19 heavy (non-hydrogen) atoms. The van der Waals surface area contributed by atoms with E-state index in [1.807, 2.05) is 5.43 Å². The average Bonchev–Trinajstić information content (AvgIpc) is 2.37. The largest absolute Gasteiger partial charge is 0.433 e. The van der Waals surface area contributed by atoms with Crippen LogP contribution >= 0.6 is 11.6 Å². The normalized spacial score (nSPS) is 11.4. The summed E-state index contributed by atoms with van der Waals surface area (Å²) >= 11 is 5.93. The highest BCUT2D eigenvalue weighted by Crippen LogP contribution is 2.33. The van der Waals surface area contributed by atoms with Gasteiger partial charge in [0, 0.05) is 10.6 Å². The summed E-state index contributed by atoms with van der Waals surface area (Å²) in [5, 5.41) is 0.289. The monoisotopic (exact) mass is 288 g/mol. The zero-order chi connectivity index (χ0) is 14.0. The van der Waals surface area contributed by atoms with Crippen LogP contribution < -0.4 is 11.3 Å². The SMILES string of the molecule is NNc1nc(-c2ccccc2Cl)cc(C(F)(F)F)n1. The number of hydrogen-bond donors (Lipinski definition) is 2. The first kappa shape index (κ1) is 13.6. The molecule has 0 aliphatic carbocycles. The van der Waals surface area contributed by atoms with E-state index in [4.69, 9.17) is 17.4 Å². The lowest BCUT2D eigenvalue weighted by Gasteiger charge is -2.10. The van der Waals surface area contributed by atoms with E-state index in [9.17, 15) is 13.2 Å². The first-order valence-electron chi connectivity index (χ1n) is 5.09. The van der Waals surface area contributed by atoms with E-state index in [2.05, 4.69) is 9.97 Å². The smallest absolute Gasteiger partial charge is 0.292 e. The molecule has 3 N–H and O–H groups in total. The number of alkyl halides is 3. The summed E-state index contributed by atoms with van der Waals surface area (Å²) in [5.74, 6) is 4.74. The van der Waals surface area contributed by atoms with E-state index in [1.54, 1.807) is 24.3 Å². The Morgan fingerprint density at radius 1 is 1.16 bits per heavy atom. The number of halogens is 4. The van der Waals surface area contributed by atoms with Gasteiger partial charge >= 0.3 is 6.18 Å². The van der Waals surface area contributed by atoms with Crippen molar-refractivity contribution in [2.75, 3.05) is 5.43 Å². The molecule has 0 aliphatic heterocycles. The summed E-state index contributed by atoms with van der Waals surface area (Å²) in [5.41, 5.74) is 1.32. The molecule has 0 saturated heterocycles. The van der Waals surface area contributed by atoms with Crippen molar-refractivity contribution in [3.05, 3.63) is 41.0 Å². The van der Waals surface area contributed by atoms with Crippen LogP contribution in [-0.2, 0) is 6.18 Å². The Bertz CT molecular complexity index is 601. The van der Waals surface area contributed by atoms with Crippen LogP contribution in [0.3, 0.4) is 0 Å². The first-order chi connectivity index (χ1) is 8.91. The minimum Gasteiger partial charge on any atom is -0.292 e. The summed E-state index contributed by atoms with van der Waals surface area (Å²) in [6.07, 6.45) is -4.59. The number of hydrazine groups is 1. The highest BCUT2D eigenvalue weighted by Gasteiger charge is 2.33. The second-order valence-corrected chi connectivity index (χ2v) is 3.99. The second-order valence-electron chi connectivity index (χ2n) is 3.58. The molecule has 1 aromatic heterocycles. The Morgan fingerprint density at radius 3 is 2.42 bits per heavy atom. The van der Waals surface area contributed by atoms with Crippen molar-refractivity contribution in [3.8, 4) is 11.3 Å². The Labute approximate surface area is 111 Å². The van der Waals surface area contributed by atoms with Crippen LogP contribution in [0.5, 0.6) is 0 Å². The molecular formula is C11H8ClF3N4. The third-order valence-corrected chi connectivity index (χ3v) is 2.63. The third-order valence-electron chi connectivity index (χ3n) is 2.30. The van der Waals surface area contributed by atoms with Crippen molar-refractivity contribution in [1.82, 2.24) is 9.97 Å². The molecule has 0 amide bonds. The molecule has 8 heteroatoms. The van der Waals surface area contributed by atoms with E-state index in [-0.39, 0.29) is 16.7 Å². The number of nitrogens with zero attached hydrogens (tertiary/aromatic N) is 2. The van der Waals surface area contributed by atoms with Crippen molar-refractivity contribution >= 4 is 17.5 Å². The highest BCUT2D eigenvalue weighted by molar-refractivity contribution is 6.33. The van der Waals surface area contributed by atoms with Crippen LogP contribution in [0.4, 0.5) is 19.1 Å². The van der Waals surface area contributed by atoms with Crippen LogP contribution in [0.2, 0.25) is 5.02 Å². The molecule has 2 aromatic rings. The lowest BCUT2D eigenvalue weighted by molar-refractivity contribution is -0.141. The maximum absolute atomic E-state index is 12.7. The lowest BCUT2D eigenvalue weighted by Crippen LogP contribution is -2.15. The van der Waals surface area contributed by atoms with Crippen LogP contribution in [0, 0.1) is 0 Å². The van der Waals surface area contributed by atoms with Crippen LogP contribution in [-0.4, -0.2) is 9.97 Å². The van der Waals surface area contributed by atoms with E-state index >= 15 is 0 Å². The van der Waals surface area contributed by atoms with E-state index in [0.717, 1.165) is 6.07 Å². The van der Waals surface area contributed by atoms with Crippen molar-refractivity contribution < 1.29 is 13.2 Å². The molecule has 0 fully saturated rings. The molecule has 4 nitrogen and oxygen atoms in total. The van der Waals surface area contributed by atoms with Crippen LogP contribution in [0.15, 0.2) is 30.3 Å². The van der Waals surface area contributed by atoms with E-state index in [0.29, 0.717) is 5.56 Å². The van der Waals surface area contributed by atoms with Gasteiger partial charge in [-0.1, -0.05) is 29.8 Å². The second kappa shape index (κ2) is 5.02. The molecule has 100 valence electrons. The number of rotatable bonds is 2. The molecule has 1 aromatic carbocycles. The summed E-state index contributed by atoms with van der Waals surface area (Å²) in [6.45, 7) is 0. The van der Waals surface area contributed by atoms with Gasteiger partial charge in [-0.15, -0.1) is 0 Å². The van der Waals surface area contributed by atoms with Gasteiger partial charge < -0.3 is 0 Å². The van der Waals surface area contributed by atoms with Crippen molar-refractivity contribution in [1.29, 1.82) is 0 Å². The fraction of sp³-hybridized carbons (Fsp3) is 0.0909. The number of nitrogen functional groups attached to an aromatic ring is 1. The van der Waals surface area contributed by atoms with Crippen molar-refractivity contribution in [2.45, 2.75) is 6.18 Å². The predicted molar refractivity (Wildman–Crippen MR) is 65.3 cm³/mol. The van der Waals surface area contributed by atoms with Gasteiger partial charge in [0.25, 0.3) is 0 Å². The highest BCUT2D eigenvalue weighted by atomic mass is 35.5. The minimum absolute atomic E-state index is 0.0425. The zero-order valence-corrected chi connectivity index (χ0v) is 10.1. The molecule has 2 rings (SSSR count). The molecule has 1 heterocycles.